The highest BCUT2D eigenvalue weighted by molar-refractivity contribution is 6.33. The fourth-order valence-electron chi connectivity index (χ4n) is 3.88. The standard InChI is InChI=1S/C25H31ClN4O6.ClH/c1-4-28-23(31)34-16-9-7-15(8-10-16)19-14-27-12-11-17-18(19)13-20(35-24(32)29-5-2)22(21(17)26)36-25(33)30-6-3;/h7-10,13,19,27H,4-6,11-12,14H2,1-3H3,(H,28,31)(H,29,32)(H,30,33);1H/t19-;/m1./s1. The van der Waals surface area contributed by atoms with Gasteiger partial charge in [0.15, 0.2) is 11.5 Å². The van der Waals surface area contributed by atoms with Crippen molar-refractivity contribution in [2.45, 2.75) is 33.1 Å². The lowest BCUT2D eigenvalue weighted by atomic mass is 9.87. The minimum atomic E-state index is -0.703. The molecule has 0 saturated carbocycles. The Kier molecular flexibility index (Phi) is 11.8. The molecule has 0 fully saturated rings. The van der Waals surface area contributed by atoms with Crippen molar-refractivity contribution < 1.29 is 28.6 Å². The third-order valence-corrected chi connectivity index (χ3v) is 5.85. The van der Waals surface area contributed by atoms with E-state index in [9.17, 15) is 14.4 Å². The molecule has 2 aromatic carbocycles. The number of fused-ring (bicyclic) bond motifs is 1. The van der Waals surface area contributed by atoms with E-state index in [1.807, 2.05) is 19.1 Å². The summed E-state index contributed by atoms with van der Waals surface area (Å²) in [4.78, 5) is 36.2. The summed E-state index contributed by atoms with van der Waals surface area (Å²) < 4.78 is 16.2. The van der Waals surface area contributed by atoms with Gasteiger partial charge in [0.1, 0.15) is 5.75 Å². The Labute approximate surface area is 227 Å². The molecular formula is C25H32Cl2N4O6. The van der Waals surface area contributed by atoms with Crippen LogP contribution >= 0.6 is 24.0 Å². The molecule has 3 rings (SSSR count). The van der Waals surface area contributed by atoms with Gasteiger partial charge in [-0.25, -0.2) is 14.4 Å². The second-order valence-electron chi connectivity index (χ2n) is 7.92. The predicted octanol–water partition coefficient (Wildman–Crippen LogP) is 4.36. The van der Waals surface area contributed by atoms with E-state index in [1.54, 1.807) is 32.0 Å². The molecule has 0 bridgehead atoms. The highest BCUT2D eigenvalue weighted by Crippen LogP contribution is 2.44. The summed E-state index contributed by atoms with van der Waals surface area (Å²) in [5.74, 6) is 0.280. The van der Waals surface area contributed by atoms with Gasteiger partial charge in [-0.05, 0) is 68.6 Å². The molecule has 1 atom stereocenters. The Balaban J connectivity index is 0.00000481. The van der Waals surface area contributed by atoms with E-state index in [1.165, 1.54) is 0 Å². The summed E-state index contributed by atoms with van der Waals surface area (Å²) in [6.07, 6.45) is -1.34. The van der Waals surface area contributed by atoms with E-state index in [2.05, 4.69) is 21.3 Å². The first-order chi connectivity index (χ1) is 17.4. The van der Waals surface area contributed by atoms with Crippen LogP contribution in [0.15, 0.2) is 30.3 Å². The highest BCUT2D eigenvalue weighted by Gasteiger charge is 2.29. The monoisotopic (exact) mass is 554 g/mol. The Morgan fingerprint density at radius 1 is 0.919 bits per heavy atom. The van der Waals surface area contributed by atoms with Gasteiger partial charge in [-0.3, -0.25) is 0 Å². The molecule has 0 aromatic heterocycles. The second-order valence-corrected chi connectivity index (χ2v) is 8.30. The van der Waals surface area contributed by atoms with Gasteiger partial charge < -0.3 is 35.5 Å². The highest BCUT2D eigenvalue weighted by atomic mass is 35.5. The maximum atomic E-state index is 12.3. The molecule has 37 heavy (non-hydrogen) atoms. The van der Waals surface area contributed by atoms with Gasteiger partial charge in [0.25, 0.3) is 0 Å². The average Bonchev–Trinajstić information content (AvgIpc) is 3.05. The smallest absolute Gasteiger partial charge is 0.410 e. The number of nitrogens with one attached hydrogen (secondary N) is 4. The van der Waals surface area contributed by atoms with Crippen LogP contribution in [0.4, 0.5) is 14.4 Å². The topological polar surface area (TPSA) is 127 Å². The summed E-state index contributed by atoms with van der Waals surface area (Å²) in [7, 11) is 0. The van der Waals surface area contributed by atoms with Crippen LogP contribution in [0.25, 0.3) is 0 Å². The number of hydrogen-bond donors (Lipinski definition) is 4. The van der Waals surface area contributed by atoms with E-state index in [4.69, 9.17) is 25.8 Å². The third kappa shape index (κ3) is 7.88. The van der Waals surface area contributed by atoms with Gasteiger partial charge in [-0.1, -0.05) is 23.7 Å². The molecule has 1 aliphatic rings. The van der Waals surface area contributed by atoms with Crippen LogP contribution in [0, 0.1) is 0 Å². The molecule has 0 radical (unpaired) electrons. The molecule has 1 aliphatic heterocycles. The molecule has 0 saturated heterocycles. The first kappa shape index (κ1) is 30.0. The molecule has 2 aromatic rings. The molecule has 202 valence electrons. The van der Waals surface area contributed by atoms with E-state index in [0.29, 0.717) is 44.9 Å². The molecule has 0 unspecified atom stereocenters. The lowest BCUT2D eigenvalue weighted by Gasteiger charge is -2.22. The lowest BCUT2D eigenvalue weighted by molar-refractivity contribution is 0.190. The van der Waals surface area contributed by atoms with E-state index in [-0.39, 0.29) is 34.8 Å². The fourth-order valence-corrected chi connectivity index (χ4v) is 4.21. The number of hydrogen-bond acceptors (Lipinski definition) is 7. The minimum Gasteiger partial charge on any atom is -0.410 e. The maximum absolute atomic E-state index is 12.3. The number of benzene rings is 2. The van der Waals surface area contributed by atoms with Gasteiger partial charge in [0, 0.05) is 32.1 Å². The van der Waals surface area contributed by atoms with E-state index in [0.717, 1.165) is 16.7 Å². The predicted molar refractivity (Wildman–Crippen MR) is 143 cm³/mol. The SMILES string of the molecule is CCNC(=O)Oc1ccc([C@H]2CNCCc3c2cc(OC(=O)NCC)c(OC(=O)NCC)c3Cl)cc1.Cl. The average molecular weight is 555 g/mol. The van der Waals surface area contributed by atoms with Crippen molar-refractivity contribution in [1.29, 1.82) is 0 Å². The number of amides is 3. The van der Waals surface area contributed by atoms with Crippen LogP contribution in [0.2, 0.25) is 5.02 Å². The van der Waals surface area contributed by atoms with E-state index < -0.39 is 18.3 Å². The van der Waals surface area contributed by atoms with Crippen LogP contribution in [-0.2, 0) is 6.42 Å². The quantitative estimate of drug-likeness (QED) is 0.400. The summed E-state index contributed by atoms with van der Waals surface area (Å²) in [6, 6.07) is 8.87. The summed E-state index contributed by atoms with van der Waals surface area (Å²) in [5.41, 5.74) is 2.56. The summed E-state index contributed by atoms with van der Waals surface area (Å²) >= 11 is 6.77. The first-order valence-electron chi connectivity index (χ1n) is 11.9. The molecule has 10 nitrogen and oxygen atoms in total. The summed E-state index contributed by atoms with van der Waals surface area (Å²) in [5, 5.41) is 11.3. The fraction of sp³-hybridized carbons (Fsp3) is 0.400. The Morgan fingerprint density at radius 3 is 2.08 bits per heavy atom. The normalized spacial score (nSPS) is 14.2. The van der Waals surface area contributed by atoms with Gasteiger partial charge >= 0.3 is 18.3 Å². The van der Waals surface area contributed by atoms with Crippen LogP contribution in [0.1, 0.15) is 43.4 Å². The number of rotatable bonds is 7. The third-order valence-electron chi connectivity index (χ3n) is 5.45. The number of carbonyl (C=O) groups is 3. The number of halogens is 2. The minimum absolute atomic E-state index is 0. The Hall–Kier alpha value is -3.21. The zero-order valence-corrected chi connectivity index (χ0v) is 22.5. The van der Waals surface area contributed by atoms with Gasteiger partial charge in [0.2, 0.25) is 0 Å². The van der Waals surface area contributed by atoms with Crippen LogP contribution < -0.4 is 35.5 Å². The molecule has 0 spiro atoms. The Morgan fingerprint density at radius 2 is 1.49 bits per heavy atom. The molecule has 1 heterocycles. The number of ether oxygens (including phenoxy) is 3. The van der Waals surface area contributed by atoms with Crippen molar-refractivity contribution in [2.75, 3.05) is 32.7 Å². The zero-order chi connectivity index (χ0) is 26.1. The van der Waals surface area contributed by atoms with Crippen molar-refractivity contribution in [3.8, 4) is 17.2 Å². The van der Waals surface area contributed by atoms with Crippen molar-refractivity contribution in [3.63, 3.8) is 0 Å². The van der Waals surface area contributed by atoms with E-state index >= 15 is 0 Å². The zero-order valence-electron chi connectivity index (χ0n) is 20.9. The second kappa shape index (κ2) is 14.5. The summed E-state index contributed by atoms with van der Waals surface area (Å²) in [6.45, 7) is 7.76. The first-order valence-corrected chi connectivity index (χ1v) is 12.3. The number of carbonyl (C=O) groups excluding carboxylic acids is 3. The van der Waals surface area contributed by atoms with Crippen LogP contribution in [0.5, 0.6) is 17.2 Å². The van der Waals surface area contributed by atoms with Gasteiger partial charge in [-0.2, -0.15) is 0 Å². The van der Waals surface area contributed by atoms with Gasteiger partial charge in [0.05, 0.1) is 5.02 Å². The molecular weight excluding hydrogens is 523 g/mol. The van der Waals surface area contributed by atoms with Crippen LogP contribution in [-0.4, -0.2) is 51.0 Å². The maximum Gasteiger partial charge on any atom is 0.412 e. The van der Waals surface area contributed by atoms with Crippen LogP contribution in [0.3, 0.4) is 0 Å². The molecule has 3 amide bonds. The largest absolute Gasteiger partial charge is 0.412 e. The van der Waals surface area contributed by atoms with Gasteiger partial charge in [-0.15, -0.1) is 12.4 Å². The Bertz CT molecular complexity index is 1100. The van der Waals surface area contributed by atoms with Crippen molar-refractivity contribution >= 4 is 42.3 Å². The molecule has 0 aliphatic carbocycles. The van der Waals surface area contributed by atoms with Crippen molar-refractivity contribution in [1.82, 2.24) is 21.3 Å². The molecule has 4 N–H and O–H groups in total. The van der Waals surface area contributed by atoms with Crippen molar-refractivity contribution in [2.24, 2.45) is 0 Å². The molecule has 12 heteroatoms. The lowest BCUT2D eigenvalue weighted by Crippen LogP contribution is -2.29. The van der Waals surface area contributed by atoms with Crippen molar-refractivity contribution in [3.05, 3.63) is 52.0 Å².